The number of nitrogens with two attached hydrogens (primary N) is 1. The number of thiazole rings is 1. The lowest BCUT2D eigenvalue weighted by molar-refractivity contribution is 0.0623. The first-order chi connectivity index (χ1) is 10.1. The molecule has 0 aromatic carbocycles. The summed E-state index contributed by atoms with van der Waals surface area (Å²) in [5.41, 5.74) is 6.91. The van der Waals surface area contributed by atoms with E-state index in [-0.39, 0.29) is 18.0 Å². The van der Waals surface area contributed by atoms with Crippen LogP contribution < -0.4 is 5.73 Å². The highest BCUT2D eigenvalue weighted by Crippen LogP contribution is 2.37. The van der Waals surface area contributed by atoms with Crippen LogP contribution in [-0.2, 0) is 0 Å². The molecule has 2 atom stereocenters. The quantitative estimate of drug-likeness (QED) is 0.913. The van der Waals surface area contributed by atoms with E-state index in [4.69, 9.17) is 10.7 Å². The van der Waals surface area contributed by atoms with E-state index in [1.807, 2.05) is 11.8 Å². The van der Waals surface area contributed by atoms with Gasteiger partial charge in [-0.15, -0.1) is 11.3 Å². The van der Waals surface area contributed by atoms with Crippen molar-refractivity contribution in [2.45, 2.75) is 70.4 Å². The molecule has 2 heterocycles. The lowest BCUT2D eigenvalue weighted by atomic mass is 9.99. The Labute approximate surface area is 130 Å². The molecule has 1 aliphatic carbocycles. The summed E-state index contributed by atoms with van der Waals surface area (Å²) >= 11 is 1.63. The first-order valence-corrected chi connectivity index (χ1v) is 8.91. The fourth-order valence-electron chi connectivity index (χ4n) is 3.60. The fraction of sp³-hybridized carbons (Fsp3) is 0.750. The van der Waals surface area contributed by atoms with Gasteiger partial charge in [-0.3, -0.25) is 4.79 Å². The summed E-state index contributed by atoms with van der Waals surface area (Å²) in [7, 11) is 0. The van der Waals surface area contributed by atoms with Gasteiger partial charge in [0.05, 0.1) is 10.7 Å². The standard InChI is InChI=1S/C16H25N3OS/c1-10-9-13(17)7-8-19(10)16(20)14-11(2)18-15(21-14)12-5-3-4-6-12/h10,12-13H,3-9,17H2,1-2H3/t10-,13-/m1/s1. The highest BCUT2D eigenvalue weighted by Gasteiger charge is 2.31. The molecule has 2 N–H and O–H groups in total. The van der Waals surface area contributed by atoms with Crippen LogP contribution in [0.15, 0.2) is 0 Å². The molecule has 1 aromatic rings. The Hall–Kier alpha value is -0.940. The van der Waals surface area contributed by atoms with Gasteiger partial charge in [0.1, 0.15) is 4.88 Å². The van der Waals surface area contributed by atoms with Gasteiger partial charge in [0.2, 0.25) is 0 Å². The van der Waals surface area contributed by atoms with Crippen molar-refractivity contribution in [2.75, 3.05) is 6.54 Å². The Bertz CT molecular complexity index is 522. The Morgan fingerprint density at radius 1 is 1.33 bits per heavy atom. The molecule has 1 amide bonds. The molecule has 0 radical (unpaired) electrons. The topological polar surface area (TPSA) is 59.2 Å². The lowest BCUT2D eigenvalue weighted by Crippen LogP contribution is -2.48. The van der Waals surface area contributed by atoms with Crippen LogP contribution in [0.4, 0.5) is 0 Å². The van der Waals surface area contributed by atoms with Crippen LogP contribution in [0.5, 0.6) is 0 Å². The number of hydrogen-bond donors (Lipinski definition) is 1. The molecule has 1 saturated heterocycles. The second-order valence-electron chi connectivity index (χ2n) is 6.58. The molecule has 0 bridgehead atoms. The number of amides is 1. The summed E-state index contributed by atoms with van der Waals surface area (Å²) in [5, 5.41) is 1.18. The largest absolute Gasteiger partial charge is 0.335 e. The maximum atomic E-state index is 12.8. The van der Waals surface area contributed by atoms with Gasteiger partial charge in [-0.25, -0.2) is 4.98 Å². The smallest absolute Gasteiger partial charge is 0.266 e. The van der Waals surface area contributed by atoms with Crippen molar-refractivity contribution in [2.24, 2.45) is 5.73 Å². The highest BCUT2D eigenvalue weighted by atomic mass is 32.1. The number of carbonyl (C=O) groups is 1. The molecule has 4 nitrogen and oxygen atoms in total. The van der Waals surface area contributed by atoms with Gasteiger partial charge in [-0.2, -0.15) is 0 Å². The van der Waals surface area contributed by atoms with Crippen LogP contribution in [0.1, 0.15) is 71.7 Å². The molecule has 0 unspecified atom stereocenters. The van der Waals surface area contributed by atoms with Gasteiger partial charge in [-0.05, 0) is 39.5 Å². The Balaban J connectivity index is 1.78. The van der Waals surface area contributed by atoms with E-state index < -0.39 is 0 Å². The van der Waals surface area contributed by atoms with Crippen LogP contribution in [0.3, 0.4) is 0 Å². The van der Waals surface area contributed by atoms with Crippen molar-refractivity contribution in [3.8, 4) is 0 Å². The number of rotatable bonds is 2. The summed E-state index contributed by atoms with van der Waals surface area (Å²) in [5.74, 6) is 0.746. The predicted molar refractivity (Wildman–Crippen MR) is 85.8 cm³/mol. The van der Waals surface area contributed by atoms with Crippen molar-refractivity contribution in [1.82, 2.24) is 9.88 Å². The molecule has 5 heteroatoms. The maximum Gasteiger partial charge on any atom is 0.266 e. The van der Waals surface area contributed by atoms with Gasteiger partial charge >= 0.3 is 0 Å². The zero-order valence-electron chi connectivity index (χ0n) is 13.0. The molecule has 2 aliphatic rings. The molecular weight excluding hydrogens is 282 g/mol. The zero-order valence-corrected chi connectivity index (χ0v) is 13.8. The summed E-state index contributed by atoms with van der Waals surface area (Å²) < 4.78 is 0. The van der Waals surface area contributed by atoms with Crippen LogP contribution in [0.2, 0.25) is 0 Å². The highest BCUT2D eigenvalue weighted by molar-refractivity contribution is 7.13. The molecular formula is C16H25N3OS. The van der Waals surface area contributed by atoms with Gasteiger partial charge in [0, 0.05) is 24.5 Å². The summed E-state index contributed by atoms with van der Waals surface area (Å²) in [6, 6.07) is 0.471. The summed E-state index contributed by atoms with van der Waals surface area (Å²) in [6.45, 7) is 4.85. The van der Waals surface area contributed by atoms with Gasteiger partial charge < -0.3 is 10.6 Å². The second kappa shape index (κ2) is 6.05. The Morgan fingerprint density at radius 3 is 2.71 bits per heavy atom. The van der Waals surface area contributed by atoms with E-state index in [0.29, 0.717) is 5.92 Å². The van der Waals surface area contributed by atoms with Crippen molar-refractivity contribution < 1.29 is 4.79 Å². The first kappa shape index (κ1) is 15.0. The maximum absolute atomic E-state index is 12.8. The number of likely N-dealkylation sites (tertiary alicyclic amines) is 1. The third-order valence-corrected chi connectivity index (χ3v) is 6.20. The number of carbonyl (C=O) groups excluding carboxylic acids is 1. The van der Waals surface area contributed by atoms with Crippen molar-refractivity contribution in [1.29, 1.82) is 0 Å². The summed E-state index contributed by atoms with van der Waals surface area (Å²) in [4.78, 5) is 20.4. The van der Waals surface area contributed by atoms with E-state index in [0.717, 1.165) is 30.0 Å². The molecule has 116 valence electrons. The van der Waals surface area contributed by atoms with E-state index in [2.05, 4.69) is 6.92 Å². The SMILES string of the molecule is Cc1nc(C2CCCC2)sc1C(=O)N1CC[C@@H](N)C[C@H]1C. The number of hydrogen-bond acceptors (Lipinski definition) is 4. The van der Waals surface area contributed by atoms with E-state index >= 15 is 0 Å². The normalized spacial score (nSPS) is 27.3. The number of piperidine rings is 1. The van der Waals surface area contributed by atoms with Crippen LogP contribution in [0.25, 0.3) is 0 Å². The third-order valence-electron chi connectivity index (χ3n) is 4.89. The number of aromatic nitrogens is 1. The number of nitrogens with zero attached hydrogens (tertiary/aromatic N) is 2. The Kier molecular flexibility index (Phi) is 4.31. The van der Waals surface area contributed by atoms with Crippen molar-refractivity contribution >= 4 is 17.2 Å². The van der Waals surface area contributed by atoms with E-state index in [1.54, 1.807) is 11.3 Å². The lowest BCUT2D eigenvalue weighted by Gasteiger charge is -2.36. The molecule has 21 heavy (non-hydrogen) atoms. The summed E-state index contributed by atoms with van der Waals surface area (Å²) in [6.07, 6.45) is 6.87. The zero-order chi connectivity index (χ0) is 15.0. The van der Waals surface area contributed by atoms with Crippen molar-refractivity contribution in [3.63, 3.8) is 0 Å². The monoisotopic (exact) mass is 307 g/mol. The van der Waals surface area contributed by atoms with E-state index in [9.17, 15) is 4.79 Å². The van der Waals surface area contributed by atoms with E-state index in [1.165, 1.54) is 30.7 Å². The fourth-order valence-corrected chi connectivity index (χ4v) is 4.80. The minimum absolute atomic E-state index is 0.161. The molecule has 2 fully saturated rings. The van der Waals surface area contributed by atoms with Crippen LogP contribution >= 0.6 is 11.3 Å². The first-order valence-electron chi connectivity index (χ1n) is 8.10. The average molecular weight is 307 g/mol. The second-order valence-corrected chi connectivity index (χ2v) is 7.61. The third kappa shape index (κ3) is 2.99. The van der Waals surface area contributed by atoms with Crippen LogP contribution in [-0.4, -0.2) is 34.4 Å². The minimum Gasteiger partial charge on any atom is -0.335 e. The predicted octanol–water partition coefficient (Wildman–Crippen LogP) is 3.06. The van der Waals surface area contributed by atoms with Gasteiger partial charge in [-0.1, -0.05) is 12.8 Å². The van der Waals surface area contributed by atoms with Gasteiger partial charge in [0.15, 0.2) is 0 Å². The molecule has 1 saturated carbocycles. The minimum atomic E-state index is 0.161. The Morgan fingerprint density at radius 2 is 2.05 bits per heavy atom. The molecule has 0 spiro atoms. The molecule has 3 rings (SSSR count). The van der Waals surface area contributed by atoms with Gasteiger partial charge in [0.25, 0.3) is 5.91 Å². The van der Waals surface area contributed by atoms with Crippen LogP contribution in [0, 0.1) is 6.92 Å². The van der Waals surface area contributed by atoms with Crippen molar-refractivity contribution in [3.05, 3.63) is 15.6 Å². The molecule has 1 aromatic heterocycles. The number of aryl methyl sites for hydroxylation is 1. The molecule has 1 aliphatic heterocycles. The average Bonchev–Trinajstić information content (AvgIpc) is 3.07.